The van der Waals surface area contributed by atoms with Crippen LogP contribution in [0.5, 0.6) is 0 Å². The molecule has 1 aliphatic rings. The summed E-state index contributed by atoms with van der Waals surface area (Å²) in [6, 6.07) is 0. The van der Waals surface area contributed by atoms with Crippen LogP contribution in [0.25, 0.3) is 0 Å². The van der Waals surface area contributed by atoms with Gasteiger partial charge >= 0.3 is 0 Å². The predicted molar refractivity (Wildman–Crippen MR) is 77.7 cm³/mol. The Balaban J connectivity index is 1.72. The maximum Gasteiger partial charge on any atom is 0.290 e. The first-order valence-electron chi connectivity index (χ1n) is 7.40. The number of hydrogen-bond donors (Lipinski definition) is 2. The van der Waals surface area contributed by atoms with Gasteiger partial charge in [-0.3, -0.25) is 9.89 Å². The number of rotatable bonds is 5. The fourth-order valence-electron chi connectivity index (χ4n) is 2.29. The Kier molecular flexibility index (Phi) is 4.75. The van der Waals surface area contributed by atoms with Crippen molar-refractivity contribution in [3.63, 3.8) is 0 Å². The maximum absolute atomic E-state index is 11.9. The maximum atomic E-state index is 11.9. The van der Waals surface area contributed by atoms with Gasteiger partial charge in [0.15, 0.2) is 0 Å². The van der Waals surface area contributed by atoms with E-state index in [4.69, 9.17) is 0 Å². The van der Waals surface area contributed by atoms with Gasteiger partial charge in [0.05, 0.1) is 0 Å². The van der Waals surface area contributed by atoms with E-state index in [1.54, 1.807) is 0 Å². The minimum absolute atomic E-state index is 0.124. The highest BCUT2D eigenvalue weighted by Gasteiger charge is 2.21. The second-order valence-corrected chi connectivity index (χ2v) is 6.42. The Morgan fingerprint density at radius 2 is 2.05 bits per heavy atom. The van der Waals surface area contributed by atoms with Crippen LogP contribution in [-0.4, -0.2) is 52.2 Å². The van der Waals surface area contributed by atoms with Crippen LogP contribution in [0.3, 0.4) is 0 Å². The Labute approximate surface area is 120 Å². The summed E-state index contributed by atoms with van der Waals surface area (Å²) >= 11 is 0. The van der Waals surface area contributed by atoms with E-state index in [0.717, 1.165) is 18.8 Å². The number of hydrogen-bond acceptors (Lipinski definition) is 4. The molecule has 0 saturated carbocycles. The quantitative estimate of drug-likeness (QED) is 0.797. The molecule has 1 fully saturated rings. The molecule has 0 spiro atoms. The van der Waals surface area contributed by atoms with Crippen LogP contribution >= 0.6 is 0 Å². The predicted octanol–water partition coefficient (Wildman–Crippen LogP) is 1.32. The van der Waals surface area contributed by atoms with Crippen molar-refractivity contribution in [3.05, 3.63) is 11.6 Å². The van der Waals surface area contributed by atoms with E-state index in [-0.39, 0.29) is 17.1 Å². The lowest BCUT2D eigenvalue weighted by Crippen LogP contribution is -2.29. The van der Waals surface area contributed by atoms with Crippen LogP contribution in [0.1, 0.15) is 56.5 Å². The molecule has 0 radical (unpaired) electrons. The summed E-state index contributed by atoms with van der Waals surface area (Å²) in [6.07, 6.45) is 3.58. The summed E-state index contributed by atoms with van der Waals surface area (Å²) in [6.45, 7) is 10.2. The van der Waals surface area contributed by atoms with Crippen molar-refractivity contribution in [1.29, 1.82) is 0 Å². The molecule has 1 aliphatic heterocycles. The molecule has 6 nitrogen and oxygen atoms in total. The first-order valence-corrected chi connectivity index (χ1v) is 7.40. The third-order valence-electron chi connectivity index (χ3n) is 3.53. The number of H-pyrrole nitrogens is 1. The number of aromatic nitrogens is 3. The van der Waals surface area contributed by atoms with Crippen molar-refractivity contribution in [3.8, 4) is 0 Å². The second-order valence-electron chi connectivity index (χ2n) is 6.42. The van der Waals surface area contributed by atoms with Gasteiger partial charge in [0.25, 0.3) is 5.91 Å². The van der Waals surface area contributed by atoms with Crippen LogP contribution in [-0.2, 0) is 5.41 Å². The van der Waals surface area contributed by atoms with E-state index in [0.29, 0.717) is 6.54 Å². The van der Waals surface area contributed by atoms with E-state index in [9.17, 15) is 4.79 Å². The smallest absolute Gasteiger partial charge is 0.290 e. The molecule has 1 amide bonds. The monoisotopic (exact) mass is 279 g/mol. The number of carbonyl (C=O) groups is 1. The van der Waals surface area contributed by atoms with Gasteiger partial charge in [0.2, 0.25) is 5.82 Å². The number of likely N-dealkylation sites (tertiary alicyclic amines) is 1. The Morgan fingerprint density at radius 1 is 1.35 bits per heavy atom. The van der Waals surface area contributed by atoms with Gasteiger partial charge < -0.3 is 10.2 Å². The Morgan fingerprint density at radius 3 is 2.65 bits per heavy atom. The zero-order valence-electron chi connectivity index (χ0n) is 12.7. The van der Waals surface area contributed by atoms with Crippen LogP contribution in [0.4, 0.5) is 0 Å². The van der Waals surface area contributed by atoms with E-state index in [2.05, 4.69) is 25.4 Å². The molecule has 2 N–H and O–H groups in total. The highest BCUT2D eigenvalue weighted by Crippen LogP contribution is 2.17. The molecule has 1 aromatic rings. The lowest BCUT2D eigenvalue weighted by molar-refractivity contribution is 0.0942. The highest BCUT2D eigenvalue weighted by molar-refractivity contribution is 5.90. The van der Waals surface area contributed by atoms with Crippen molar-refractivity contribution in [2.75, 3.05) is 26.2 Å². The molecule has 0 bridgehead atoms. The fraction of sp³-hybridized carbons (Fsp3) is 0.786. The average Bonchev–Trinajstić information content (AvgIpc) is 3.04. The molecule has 112 valence electrons. The van der Waals surface area contributed by atoms with Crippen LogP contribution in [0.2, 0.25) is 0 Å². The Bertz CT molecular complexity index is 443. The molecule has 1 aromatic heterocycles. The topological polar surface area (TPSA) is 73.9 Å². The normalized spacial score (nSPS) is 16.6. The van der Waals surface area contributed by atoms with E-state index in [1.165, 1.54) is 25.9 Å². The fourth-order valence-corrected chi connectivity index (χ4v) is 2.29. The summed E-state index contributed by atoms with van der Waals surface area (Å²) in [7, 11) is 0. The molecule has 2 rings (SSSR count). The minimum atomic E-state index is -0.196. The summed E-state index contributed by atoms with van der Waals surface area (Å²) in [4.78, 5) is 18.6. The van der Waals surface area contributed by atoms with Crippen molar-refractivity contribution in [1.82, 2.24) is 25.4 Å². The Hall–Kier alpha value is -1.43. The van der Waals surface area contributed by atoms with Gasteiger partial charge in [0.1, 0.15) is 5.82 Å². The molecular weight excluding hydrogens is 254 g/mol. The molecule has 0 atom stereocenters. The standard InChI is InChI=1S/C14H25N5O/c1-14(2,3)13-16-11(17-18-13)12(20)15-7-6-10-19-8-4-5-9-19/h4-10H2,1-3H3,(H,15,20)(H,16,17,18). The summed E-state index contributed by atoms with van der Waals surface area (Å²) in [5.74, 6) is 0.772. The van der Waals surface area contributed by atoms with Crippen LogP contribution in [0, 0.1) is 0 Å². The van der Waals surface area contributed by atoms with Crippen molar-refractivity contribution < 1.29 is 4.79 Å². The average molecular weight is 279 g/mol. The minimum Gasteiger partial charge on any atom is -0.349 e. The lowest BCUT2D eigenvalue weighted by Gasteiger charge is -2.14. The third kappa shape index (κ3) is 4.03. The van der Waals surface area contributed by atoms with Gasteiger partial charge in [-0.05, 0) is 38.9 Å². The molecule has 0 unspecified atom stereocenters. The highest BCUT2D eigenvalue weighted by atomic mass is 16.2. The van der Waals surface area contributed by atoms with Gasteiger partial charge in [-0.2, -0.15) is 0 Å². The number of amides is 1. The van der Waals surface area contributed by atoms with Crippen molar-refractivity contribution in [2.45, 2.75) is 45.4 Å². The van der Waals surface area contributed by atoms with Crippen LogP contribution in [0.15, 0.2) is 0 Å². The first kappa shape index (κ1) is 15.0. The molecule has 20 heavy (non-hydrogen) atoms. The number of carbonyl (C=O) groups excluding carboxylic acids is 1. The zero-order chi connectivity index (χ0) is 14.6. The molecule has 0 aliphatic carbocycles. The third-order valence-corrected chi connectivity index (χ3v) is 3.53. The molecular formula is C14H25N5O. The molecule has 1 saturated heterocycles. The van der Waals surface area contributed by atoms with Crippen molar-refractivity contribution >= 4 is 5.91 Å². The number of nitrogens with zero attached hydrogens (tertiary/aromatic N) is 3. The summed E-state index contributed by atoms with van der Waals surface area (Å²) in [5.41, 5.74) is -0.124. The van der Waals surface area contributed by atoms with Gasteiger partial charge in [-0.15, -0.1) is 5.10 Å². The first-order chi connectivity index (χ1) is 9.47. The number of nitrogens with one attached hydrogen (secondary N) is 2. The summed E-state index contributed by atoms with van der Waals surface area (Å²) in [5, 5.41) is 9.69. The zero-order valence-corrected chi connectivity index (χ0v) is 12.7. The molecule has 0 aromatic carbocycles. The van der Waals surface area contributed by atoms with Gasteiger partial charge in [-0.25, -0.2) is 4.98 Å². The molecule has 2 heterocycles. The second kappa shape index (κ2) is 6.35. The van der Waals surface area contributed by atoms with E-state index < -0.39 is 0 Å². The SMILES string of the molecule is CC(C)(C)c1nc(C(=O)NCCCN2CCCC2)n[nH]1. The van der Waals surface area contributed by atoms with E-state index in [1.807, 2.05) is 20.8 Å². The van der Waals surface area contributed by atoms with E-state index >= 15 is 0 Å². The summed E-state index contributed by atoms with van der Waals surface area (Å²) < 4.78 is 0. The van der Waals surface area contributed by atoms with Crippen LogP contribution < -0.4 is 5.32 Å². The van der Waals surface area contributed by atoms with Gasteiger partial charge in [0, 0.05) is 12.0 Å². The number of aromatic amines is 1. The lowest BCUT2D eigenvalue weighted by atomic mass is 9.96. The molecule has 6 heteroatoms. The largest absolute Gasteiger partial charge is 0.349 e. The van der Waals surface area contributed by atoms with Crippen molar-refractivity contribution in [2.24, 2.45) is 0 Å². The van der Waals surface area contributed by atoms with Gasteiger partial charge in [-0.1, -0.05) is 20.8 Å².